The van der Waals surface area contributed by atoms with Crippen molar-refractivity contribution < 1.29 is 14.4 Å². The maximum atomic E-state index is 14.5. The van der Waals surface area contributed by atoms with Crippen LogP contribution in [0.3, 0.4) is 0 Å². The van der Waals surface area contributed by atoms with E-state index in [1.165, 1.54) is 4.90 Å². The highest BCUT2D eigenvalue weighted by atomic mass is 16.2. The van der Waals surface area contributed by atoms with Crippen molar-refractivity contribution in [3.05, 3.63) is 132 Å². The molecule has 8 nitrogen and oxygen atoms in total. The molecule has 0 fully saturated rings. The number of aromatic amines is 1. The summed E-state index contributed by atoms with van der Waals surface area (Å²) in [6.45, 7) is 0.262. The third-order valence-electron chi connectivity index (χ3n) is 7.90. The van der Waals surface area contributed by atoms with Crippen molar-refractivity contribution in [2.24, 2.45) is 0 Å². The molecule has 1 aliphatic rings. The van der Waals surface area contributed by atoms with Gasteiger partial charge in [0.1, 0.15) is 18.3 Å². The van der Waals surface area contributed by atoms with Gasteiger partial charge in [0.25, 0.3) is 11.8 Å². The first kappa shape index (κ1) is 27.8. The molecule has 2 atom stereocenters. The zero-order valence-electron chi connectivity index (χ0n) is 23.9. The number of anilines is 2. The predicted octanol–water partition coefficient (Wildman–Crippen LogP) is 4.85. The normalized spacial score (nSPS) is 16.4. The molecule has 0 spiro atoms. The van der Waals surface area contributed by atoms with Crippen molar-refractivity contribution in [1.29, 1.82) is 0 Å². The number of hydrogen-bond donors (Lipinski definition) is 3. The lowest BCUT2D eigenvalue weighted by Gasteiger charge is -2.33. The second kappa shape index (κ2) is 12.2. The third-order valence-corrected chi connectivity index (χ3v) is 7.90. The molecule has 2 heterocycles. The first-order valence-electron chi connectivity index (χ1n) is 14.4. The number of hydrogen-bond acceptors (Lipinski definition) is 4. The molecule has 5 aromatic rings. The Morgan fingerprint density at radius 2 is 1.47 bits per heavy atom. The van der Waals surface area contributed by atoms with Crippen LogP contribution in [0.4, 0.5) is 11.4 Å². The number of benzene rings is 4. The first-order valence-corrected chi connectivity index (χ1v) is 14.4. The summed E-state index contributed by atoms with van der Waals surface area (Å²) in [7, 11) is 1.91. The third kappa shape index (κ3) is 5.85. The maximum Gasteiger partial charge on any atom is 0.268 e. The van der Waals surface area contributed by atoms with Gasteiger partial charge >= 0.3 is 0 Å². The monoisotopic (exact) mass is 571 g/mol. The molecule has 1 aliphatic heterocycles. The van der Waals surface area contributed by atoms with E-state index in [-0.39, 0.29) is 18.4 Å². The molecule has 8 heteroatoms. The Kier molecular flexibility index (Phi) is 7.91. The van der Waals surface area contributed by atoms with Gasteiger partial charge in [0.05, 0.1) is 17.4 Å². The number of carbonyl (C=O) groups excluding carboxylic acids is 3. The van der Waals surface area contributed by atoms with Gasteiger partial charge in [0.2, 0.25) is 5.91 Å². The van der Waals surface area contributed by atoms with E-state index < -0.39 is 18.0 Å². The lowest BCUT2D eigenvalue weighted by Crippen LogP contribution is -2.54. The standard InChI is InChI=1S/C35H33N5O3/c1-39-29-18-10-11-19-30(29)40(23-31(41)36-21-20-24-12-4-2-5-13-24)35(43)32(33(39)25-14-6-3-7-15-25)38-34(42)28-22-26-16-8-9-17-27(26)37-28/h2-19,22,32-33,37H,20-21,23H2,1H3,(H,36,41)(H,38,42)/t32-,33-/m0/s1. The van der Waals surface area contributed by atoms with Crippen molar-refractivity contribution in [2.75, 3.05) is 29.9 Å². The fraction of sp³-hybridized carbons (Fsp3) is 0.171. The fourth-order valence-corrected chi connectivity index (χ4v) is 5.76. The minimum absolute atomic E-state index is 0.182. The fourth-order valence-electron chi connectivity index (χ4n) is 5.76. The SMILES string of the molecule is CN1c2ccccc2N(CC(=O)NCCc2ccccc2)C(=O)[C@@H](NC(=O)c2cc3ccccc3[nH]2)[C@@H]1c1ccccc1. The molecule has 0 saturated heterocycles. The van der Waals surface area contributed by atoms with Crippen molar-refractivity contribution in [3.8, 4) is 0 Å². The van der Waals surface area contributed by atoms with Crippen LogP contribution in [0.25, 0.3) is 10.9 Å². The number of aromatic nitrogens is 1. The van der Waals surface area contributed by atoms with Gasteiger partial charge in [-0.05, 0) is 41.8 Å². The van der Waals surface area contributed by atoms with Gasteiger partial charge in [-0.3, -0.25) is 19.3 Å². The molecule has 3 N–H and O–H groups in total. The summed E-state index contributed by atoms with van der Waals surface area (Å²) >= 11 is 0. The van der Waals surface area contributed by atoms with E-state index in [2.05, 4.69) is 15.6 Å². The molecule has 0 bridgehead atoms. The van der Waals surface area contributed by atoms with Gasteiger partial charge in [0.15, 0.2) is 0 Å². The second-order valence-corrected chi connectivity index (χ2v) is 10.7. The number of nitrogens with one attached hydrogen (secondary N) is 3. The largest absolute Gasteiger partial charge is 0.363 e. The molecule has 3 amide bonds. The zero-order chi connectivity index (χ0) is 29.8. The Hall–Kier alpha value is -5.37. The van der Waals surface area contributed by atoms with E-state index in [0.29, 0.717) is 24.3 Å². The van der Waals surface area contributed by atoms with Gasteiger partial charge in [-0.2, -0.15) is 0 Å². The van der Waals surface area contributed by atoms with Gasteiger partial charge < -0.3 is 20.5 Å². The van der Waals surface area contributed by atoms with Crippen LogP contribution in [0.15, 0.2) is 115 Å². The summed E-state index contributed by atoms with van der Waals surface area (Å²) in [6.07, 6.45) is 0.680. The molecule has 0 saturated carbocycles. The van der Waals surface area contributed by atoms with E-state index >= 15 is 0 Å². The molecular weight excluding hydrogens is 538 g/mol. The smallest absolute Gasteiger partial charge is 0.268 e. The highest BCUT2D eigenvalue weighted by Gasteiger charge is 2.42. The number of rotatable bonds is 8. The average molecular weight is 572 g/mol. The van der Waals surface area contributed by atoms with Crippen LogP contribution in [0.5, 0.6) is 0 Å². The van der Waals surface area contributed by atoms with E-state index in [9.17, 15) is 14.4 Å². The van der Waals surface area contributed by atoms with E-state index in [0.717, 1.165) is 27.7 Å². The average Bonchev–Trinajstić information content (AvgIpc) is 3.46. The quantitative estimate of drug-likeness (QED) is 0.248. The molecular formula is C35H33N5O3. The lowest BCUT2D eigenvalue weighted by atomic mass is 9.96. The summed E-state index contributed by atoms with van der Waals surface area (Å²) in [6, 6.07) is 35.0. The number of likely N-dealkylation sites (N-methyl/N-ethyl adjacent to an activating group) is 1. The van der Waals surface area contributed by atoms with E-state index in [1.807, 2.05) is 121 Å². The van der Waals surface area contributed by atoms with Gasteiger partial charge in [-0.1, -0.05) is 91.0 Å². The molecule has 0 radical (unpaired) electrons. The Morgan fingerprint density at radius 1 is 0.814 bits per heavy atom. The summed E-state index contributed by atoms with van der Waals surface area (Å²) < 4.78 is 0. The second-order valence-electron chi connectivity index (χ2n) is 10.7. The molecule has 43 heavy (non-hydrogen) atoms. The molecule has 0 aliphatic carbocycles. The number of para-hydroxylation sites is 3. The van der Waals surface area contributed by atoms with Gasteiger partial charge in [0, 0.05) is 24.5 Å². The lowest BCUT2D eigenvalue weighted by molar-refractivity contribution is -0.125. The van der Waals surface area contributed by atoms with Crippen LogP contribution in [0, 0.1) is 0 Å². The van der Waals surface area contributed by atoms with Gasteiger partial charge in [-0.25, -0.2) is 0 Å². The topological polar surface area (TPSA) is 97.5 Å². The number of H-pyrrole nitrogens is 1. The Morgan fingerprint density at radius 3 is 2.21 bits per heavy atom. The minimum Gasteiger partial charge on any atom is -0.363 e. The molecule has 1 aromatic heterocycles. The summed E-state index contributed by atoms with van der Waals surface area (Å²) in [5.41, 5.74) is 4.56. The highest BCUT2D eigenvalue weighted by molar-refractivity contribution is 6.08. The molecule has 0 unspecified atom stereocenters. The predicted molar refractivity (Wildman–Crippen MR) is 169 cm³/mol. The van der Waals surface area contributed by atoms with Crippen LogP contribution in [0.1, 0.15) is 27.7 Å². The summed E-state index contributed by atoms with van der Waals surface area (Å²) in [5, 5.41) is 6.90. The van der Waals surface area contributed by atoms with Crippen LogP contribution in [-0.2, 0) is 16.0 Å². The molecule has 216 valence electrons. The minimum atomic E-state index is -0.990. The number of fused-ring (bicyclic) bond motifs is 2. The van der Waals surface area contributed by atoms with Crippen molar-refractivity contribution in [2.45, 2.75) is 18.5 Å². The van der Waals surface area contributed by atoms with Crippen molar-refractivity contribution >= 4 is 40.0 Å². The zero-order valence-corrected chi connectivity index (χ0v) is 23.9. The van der Waals surface area contributed by atoms with Crippen molar-refractivity contribution in [3.63, 3.8) is 0 Å². The molecule has 6 rings (SSSR count). The van der Waals surface area contributed by atoms with Crippen LogP contribution in [-0.4, -0.2) is 48.9 Å². The number of carbonyl (C=O) groups is 3. The first-order chi connectivity index (χ1) is 21.0. The van der Waals surface area contributed by atoms with E-state index in [1.54, 1.807) is 6.07 Å². The summed E-state index contributed by atoms with van der Waals surface area (Å²) in [5.74, 6) is -1.05. The Balaban J connectivity index is 1.32. The van der Waals surface area contributed by atoms with E-state index in [4.69, 9.17) is 0 Å². The highest BCUT2D eigenvalue weighted by Crippen LogP contribution is 2.39. The van der Waals surface area contributed by atoms with Gasteiger partial charge in [-0.15, -0.1) is 0 Å². The molecule has 4 aromatic carbocycles. The van der Waals surface area contributed by atoms with Crippen molar-refractivity contribution in [1.82, 2.24) is 15.6 Å². The number of amides is 3. The Labute approximate surface area is 250 Å². The van der Waals surface area contributed by atoms with Crippen LogP contribution >= 0.6 is 0 Å². The maximum absolute atomic E-state index is 14.5. The summed E-state index contributed by atoms with van der Waals surface area (Å²) in [4.78, 5) is 48.1. The van der Waals surface area contributed by atoms with Crippen LogP contribution in [0.2, 0.25) is 0 Å². The Bertz CT molecular complexity index is 1720. The number of nitrogens with zero attached hydrogens (tertiary/aromatic N) is 2. The van der Waals surface area contributed by atoms with Crippen LogP contribution < -0.4 is 20.4 Å².